The smallest absolute Gasteiger partial charge is 0.185 e. The Balaban J connectivity index is 2.11. The molecular weight excluding hydrogens is 118 g/mol. The quantitative estimate of drug-likeness (QED) is 0.554. The molecule has 0 spiro atoms. The Morgan fingerprint density at radius 3 is 3.22 bits per heavy atom. The van der Waals surface area contributed by atoms with Gasteiger partial charge in [-0.1, -0.05) is 0 Å². The van der Waals surface area contributed by atoms with Crippen molar-refractivity contribution in [2.75, 3.05) is 26.9 Å². The number of hydrogen-bond acceptors (Lipinski definition) is 3. The summed E-state index contributed by atoms with van der Waals surface area (Å²) >= 11 is 0. The van der Waals surface area contributed by atoms with E-state index in [-0.39, 0.29) is 0 Å². The standard InChI is InChI=1S/C6H11NO2/c1-8-4-2-6-7-3-5-9-6/h2-5H2,1H3. The van der Waals surface area contributed by atoms with E-state index in [9.17, 15) is 0 Å². The summed E-state index contributed by atoms with van der Waals surface area (Å²) in [6, 6.07) is 0. The molecule has 52 valence electrons. The van der Waals surface area contributed by atoms with Crippen LogP contribution < -0.4 is 0 Å². The molecule has 9 heavy (non-hydrogen) atoms. The summed E-state index contributed by atoms with van der Waals surface area (Å²) in [5.74, 6) is 0.844. The van der Waals surface area contributed by atoms with Crippen LogP contribution in [0.1, 0.15) is 6.42 Å². The van der Waals surface area contributed by atoms with Crippen molar-refractivity contribution in [3.63, 3.8) is 0 Å². The van der Waals surface area contributed by atoms with Gasteiger partial charge in [0, 0.05) is 13.5 Å². The summed E-state index contributed by atoms with van der Waals surface area (Å²) in [5, 5.41) is 0. The fourth-order valence-corrected chi connectivity index (χ4v) is 0.720. The number of aliphatic imine (C=N–C) groups is 1. The van der Waals surface area contributed by atoms with Crippen LogP contribution in [-0.4, -0.2) is 32.8 Å². The monoisotopic (exact) mass is 129 g/mol. The lowest BCUT2D eigenvalue weighted by Gasteiger charge is -1.98. The molecule has 1 aliphatic heterocycles. The maximum atomic E-state index is 5.12. The summed E-state index contributed by atoms with van der Waals surface area (Å²) in [7, 11) is 1.68. The zero-order valence-electron chi connectivity index (χ0n) is 5.59. The third kappa shape index (κ3) is 2.01. The Morgan fingerprint density at radius 2 is 2.67 bits per heavy atom. The van der Waals surface area contributed by atoms with Crippen LogP contribution >= 0.6 is 0 Å². The van der Waals surface area contributed by atoms with E-state index < -0.39 is 0 Å². The van der Waals surface area contributed by atoms with Gasteiger partial charge >= 0.3 is 0 Å². The Morgan fingerprint density at radius 1 is 1.78 bits per heavy atom. The van der Waals surface area contributed by atoms with Crippen LogP contribution in [0.15, 0.2) is 4.99 Å². The average molecular weight is 129 g/mol. The number of hydrogen-bond donors (Lipinski definition) is 0. The molecule has 0 saturated carbocycles. The van der Waals surface area contributed by atoms with Crippen LogP contribution in [0, 0.1) is 0 Å². The Kier molecular flexibility index (Phi) is 2.51. The van der Waals surface area contributed by atoms with Crippen LogP contribution in [-0.2, 0) is 9.47 Å². The Bertz CT molecular complexity index is 112. The molecule has 3 heteroatoms. The lowest BCUT2D eigenvalue weighted by atomic mass is 10.4. The van der Waals surface area contributed by atoms with Gasteiger partial charge in [0.2, 0.25) is 0 Å². The van der Waals surface area contributed by atoms with Crippen LogP contribution in [0.4, 0.5) is 0 Å². The SMILES string of the molecule is COCCC1=NCCO1. The van der Waals surface area contributed by atoms with Gasteiger partial charge in [0.1, 0.15) is 6.61 Å². The van der Waals surface area contributed by atoms with Gasteiger partial charge in [-0.3, -0.25) is 4.99 Å². The average Bonchev–Trinajstić information content (AvgIpc) is 2.34. The van der Waals surface area contributed by atoms with E-state index in [1.54, 1.807) is 7.11 Å². The lowest BCUT2D eigenvalue weighted by molar-refractivity contribution is 0.200. The second kappa shape index (κ2) is 3.45. The largest absolute Gasteiger partial charge is 0.479 e. The zero-order valence-corrected chi connectivity index (χ0v) is 5.59. The molecule has 0 fully saturated rings. The Hall–Kier alpha value is -0.570. The molecule has 0 aromatic carbocycles. The highest BCUT2D eigenvalue weighted by Crippen LogP contribution is 1.97. The van der Waals surface area contributed by atoms with E-state index in [0.717, 1.165) is 25.5 Å². The maximum Gasteiger partial charge on any atom is 0.185 e. The molecule has 0 amide bonds. The lowest BCUT2D eigenvalue weighted by Crippen LogP contribution is -2.02. The van der Waals surface area contributed by atoms with Crippen LogP contribution in [0.2, 0.25) is 0 Å². The van der Waals surface area contributed by atoms with E-state index >= 15 is 0 Å². The van der Waals surface area contributed by atoms with Crippen LogP contribution in [0.25, 0.3) is 0 Å². The van der Waals surface area contributed by atoms with E-state index in [2.05, 4.69) is 4.99 Å². The normalized spacial score (nSPS) is 17.2. The van der Waals surface area contributed by atoms with Gasteiger partial charge in [-0.15, -0.1) is 0 Å². The highest BCUT2D eigenvalue weighted by molar-refractivity contribution is 5.77. The third-order valence-corrected chi connectivity index (χ3v) is 1.17. The van der Waals surface area contributed by atoms with Crippen molar-refractivity contribution in [3.8, 4) is 0 Å². The van der Waals surface area contributed by atoms with Gasteiger partial charge in [-0.2, -0.15) is 0 Å². The van der Waals surface area contributed by atoms with Gasteiger partial charge in [0.25, 0.3) is 0 Å². The summed E-state index contributed by atoms with van der Waals surface area (Å²) in [6.07, 6.45) is 0.816. The number of methoxy groups -OCH3 is 1. The van der Waals surface area contributed by atoms with E-state index in [1.165, 1.54) is 0 Å². The van der Waals surface area contributed by atoms with Gasteiger partial charge in [-0.05, 0) is 0 Å². The van der Waals surface area contributed by atoms with Crippen molar-refractivity contribution in [3.05, 3.63) is 0 Å². The van der Waals surface area contributed by atoms with Crippen LogP contribution in [0.3, 0.4) is 0 Å². The summed E-state index contributed by atoms with van der Waals surface area (Å²) in [4.78, 5) is 4.09. The molecular formula is C6H11NO2. The summed E-state index contributed by atoms with van der Waals surface area (Å²) in [6.45, 7) is 2.27. The molecule has 0 radical (unpaired) electrons. The third-order valence-electron chi connectivity index (χ3n) is 1.17. The van der Waals surface area contributed by atoms with Gasteiger partial charge in [0.05, 0.1) is 13.2 Å². The van der Waals surface area contributed by atoms with E-state index in [1.807, 2.05) is 0 Å². The fourth-order valence-electron chi connectivity index (χ4n) is 0.720. The second-order valence-electron chi connectivity index (χ2n) is 1.87. The van der Waals surface area contributed by atoms with Crippen molar-refractivity contribution < 1.29 is 9.47 Å². The molecule has 0 atom stereocenters. The molecule has 0 aromatic heterocycles. The molecule has 0 unspecified atom stereocenters. The van der Waals surface area contributed by atoms with E-state index in [0.29, 0.717) is 6.61 Å². The molecule has 0 N–H and O–H groups in total. The van der Waals surface area contributed by atoms with Crippen molar-refractivity contribution in [2.45, 2.75) is 6.42 Å². The molecule has 1 aliphatic rings. The molecule has 1 heterocycles. The minimum atomic E-state index is 0.707. The van der Waals surface area contributed by atoms with Crippen LogP contribution in [0.5, 0.6) is 0 Å². The number of nitrogens with zero attached hydrogens (tertiary/aromatic N) is 1. The first-order chi connectivity index (χ1) is 4.43. The Labute approximate surface area is 54.7 Å². The molecule has 0 aliphatic carbocycles. The first kappa shape index (κ1) is 6.55. The molecule has 0 saturated heterocycles. The minimum Gasteiger partial charge on any atom is -0.479 e. The fraction of sp³-hybridized carbons (Fsp3) is 0.833. The molecule has 0 bridgehead atoms. The van der Waals surface area contributed by atoms with E-state index in [4.69, 9.17) is 9.47 Å². The predicted molar refractivity (Wildman–Crippen MR) is 34.7 cm³/mol. The number of rotatable bonds is 3. The predicted octanol–water partition coefficient (Wildman–Crippen LogP) is 0.452. The maximum absolute atomic E-state index is 5.12. The summed E-state index contributed by atoms with van der Waals surface area (Å²) < 4.78 is 9.97. The topological polar surface area (TPSA) is 30.8 Å². The highest BCUT2D eigenvalue weighted by atomic mass is 16.5. The van der Waals surface area contributed by atoms with Crippen molar-refractivity contribution in [1.29, 1.82) is 0 Å². The zero-order chi connectivity index (χ0) is 6.53. The highest BCUT2D eigenvalue weighted by Gasteiger charge is 2.04. The first-order valence-electron chi connectivity index (χ1n) is 3.08. The minimum absolute atomic E-state index is 0.707. The summed E-state index contributed by atoms with van der Waals surface area (Å²) in [5.41, 5.74) is 0. The molecule has 0 aromatic rings. The van der Waals surface area contributed by atoms with Crippen molar-refractivity contribution in [1.82, 2.24) is 0 Å². The van der Waals surface area contributed by atoms with Crippen molar-refractivity contribution in [2.24, 2.45) is 4.99 Å². The van der Waals surface area contributed by atoms with Gasteiger partial charge < -0.3 is 9.47 Å². The second-order valence-corrected chi connectivity index (χ2v) is 1.87. The first-order valence-corrected chi connectivity index (χ1v) is 3.08. The number of ether oxygens (including phenoxy) is 2. The van der Waals surface area contributed by atoms with Crippen molar-refractivity contribution >= 4 is 5.90 Å². The van der Waals surface area contributed by atoms with Gasteiger partial charge in [-0.25, -0.2) is 0 Å². The molecule has 3 nitrogen and oxygen atoms in total. The molecule has 1 rings (SSSR count). The van der Waals surface area contributed by atoms with Gasteiger partial charge in [0.15, 0.2) is 5.90 Å².